The summed E-state index contributed by atoms with van der Waals surface area (Å²) in [6.45, 7) is 1.55. The maximum absolute atomic E-state index is 12.4. The van der Waals surface area contributed by atoms with Crippen LogP contribution in [0.2, 0.25) is 0 Å². The predicted octanol–water partition coefficient (Wildman–Crippen LogP) is 1.17. The Labute approximate surface area is 125 Å². The highest BCUT2D eigenvalue weighted by atomic mass is 79.9. The van der Waals surface area contributed by atoms with Gasteiger partial charge in [0.2, 0.25) is 5.91 Å². The lowest BCUT2D eigenvalue weighted by Gasteiger charge is -2.34. The van der Waals surface area contributed by atoms with Crippen molar-refractivity contribution in [1.82, 2.24) is 10.2 Å². The Morgan fingerprint density at radius 3 is 2.78 bits per heavy atom. The molecule has 1 aliphatic rings. The zero-order chi connectivity index (χ0) is 13.3. The van der Waals surface area contributed by atoms with Crippen molar-refractivity contribution in [2.24, 2.45) is 5.73 Å². The molecule has 1 aliphatic heterocycles. The first-order chi connectivity index (χ1) is 8.50. The molecule has 0 aromatic carbocycles. The molecule has 8 heteroatoms. The first-order valence-corrected chi connectivity index (χ1v) is 7.67. The predicted molar refractivity (Wildman–Crippen MR) is 76.6 cm³/mol. The van der Waals surface area contributed by atoms with Gasteiger partial charge in [0.15, 0.2) is 0 Å². The Morgan fingerprint density at radius 1 is 1.50 bits per heavy atom. The average molecular weight is 397 g/mol. The van der Waals surface area contributed by atoms with Crippen molar-refractivity contribution in [1.29, 1.82) is 0 Å². The Hall–Kier alpha value is -0.440. The molecule has 1 aromatic rings. The van der Waals surface area contributed by atoms with Crippen molar-refractivity contribution in [3.8, 4) is 0 Å². The number of thiophene rings is 1. The molecule has 3 N–H and O–H groups in total. The molecule has 0 radical (unpaired) electrons. The molecular weight excluding hydrogens is 386 g/mol. The molecule has 0 spiro atoms. The van der Waals surface area contributed by atoms with Crippen molar-refractivity contribution in [3.05, 3.63) is 19.2 Å². The Balaban J connectivity index is 2.26. The van der Waals surface area contributed by atoms with E-state index in [0.717, 1.165) is 7.57 Å². The van der Waals surface area contributed by atoms with E-state index in [1.54, 1.807) is 6.07 Å². The summed E-state index contributed by atoms with van der Waals surface area (Å²) in [6, 6.07) is 1.16. The number of rotatable bonds is 2. The maximum Gasteiger partial charge on any atom is 0.256 e. The highest BCUT2D eigenvalue weighted by Gasteiger charge is 2.32. The number of hydrogen-bond acceptors (Lipinski definition) is 4. The second-order valence-electron chi connectivity index (χ2n) is 3.86. The summed E-state index contributed by atoms with van der Waals surface area (Å²) in [5.41, 5.74) is 5.88. The van der Waals surface area contributed by atoms with Gasteiger partial charge in [-0.05, 0) is 37.9 Å². The molecule has 18 heavy (non-hydrogen) atoms. The number of primary amides is 1. The lowest BCUT2D eigenvalue weighted by atomic mass is 10.1. The van der Waals surface area contributed by atoms with Crippen LogP contribution in [0.5, 0.6) is 0 Å². The number of halogens is 2. The molecular formula is C10H11Br2N3O2S. The standard InChI is InChI=1S/C10H11Br2N3O2S/c11-7-3-5(8(12)18-7)10(17)15-2-1-14-4-6(15)9(13)16/h3,6,14H,1-2,4H2,(H2,13,16). The lowest BCUT2D eigenvalue weighted by molar-refractivity contribution is -0.122. The normalized spacial score (nSPS) is 19.9. The molecule has 1 fully saturated rings. The third-order valence-corrected chi connectivity index (χ3v) is 5.06. The quantitative estimate of drug-likeness (QED) is 0.787. The van der Waals surface area contributed by atoms with Crippen LogP contribution in [-0.2, 0) is 4.79 Å². The van der Waals surface area contributed by atoms with Gasteiger partial charge in [-0.3, -0.25) is 9.59 Å². The van der Waals surface area contributed by atoms with E-state index in [2.05, 4.69) is 37.2 Å². The van der Waals surface area contributed by atoms with Crippen LogP contribution in [0, 0.1) is 0 Å². The molecule has 2 heterocycles. The summed E-state index contributed by atoms with van der Waals surface area (Å²) in [4.78, 5) is 25.3. The molecule has 98 valence electrons. The summed E-state index contributed by atoms with van der Waals surface area (Å²) < 4.78 is 1.62. The number of nitrogens with one attached hydrogen (secondary N) is 1. The number of nitrogens with two attached hydrogens (primary N) is 1. The van der Waals surface area contributed by atoms with Gasteiger partial charge < -0.3 is 16.0 Å². The van der Waals surface area contributed by atoms with Crippen LogP contribution >= 0.6 is 43.2 Å². The van der Waals surface area contributed by atoms with Gasteiger partial charge in [-0.25, -0.2) is 0 Å². The number of hydrogen-bond donors (Lipinski definition) is 2. The van der Waals surface area contributed by atoms with E-state index < -0.39 is 11.9 Å². The number of amides is 2. The fourth-order valence-electron chi connectivity index (χ4n) is 1.84. The molecule has 1 aromatic heterocycles. The zero-order valence-electron chi connectivity index (χ0n) is 9.28. The minimum Gasteiger partial charge on any atom is -0.368 e. The van der Waals surface area contributed by atoms with E-state index in [0.29, 0.717) is 25.2 Å². The van der Waals surface area contributed by atoms with E-state index in [-0.39, 0.29) is 5.91 Å². The minimum atomic E-state index is -0.586. The molecule has 0 saturated carbocycles. The summed E-state index contributed by atoms with van der Waals surface area (Å²) in [6.07, 6.45) is 0. The zero-order valence-corrected chi connectivity index (χ0v) is 13.3. The molecule has 1 saturated heterocycles. The fraction of sp³-hybridized carbons (Fsp3) is 0.400. The van der Waals surface area contributed by atoms with Crippen molar-refractivity contribution in [3.63, 3.8) is 0 Å². The van der Waals surface area contributed by atoms with Crippen molar-refractivity contribution >= 4 is 55.0 Å². The fourth-order valence-corrected chi connectivity index (χ4v) is 4.62. The molecule has 2 amide bonds. The number of piperazine rings is 1. The smallest absolute Gasteiger partial charge is 0.256 e. The van der Waals surface area contributed by atoms with Crippen LogP contribution in [0.1, 0.15) is 10.4 Å². The van der Waals surface area contributed by atoms with Crippen LogP contribution in [-0.4, -0.2) is 42.4 Å². The summed E-state index contributed by atoms with van der Waals surface area (Å²) in [5.74, 6) is -0.657. The van der Waals surface area contributed by atoms with E-state index >= 15 is 0 Å². The van der Waals surface area contributed by atoms with Crippen LogP contribution in [0.15, 0.2) is 13.6 Å². The third-order valence-electron chi connectivity index (χ3n) is 2.72. The Kier molecular flexibility index (Phi) is 4.41. The van der Waals surface area contributed by atoms with Gasteiger partial charge in [0.1, 0.15) is 6.04 Å². The Morgan fingerprint density at radius 2 is 2.22 bits per heavy atom. The van der Waals surface area contributed by atoms with E-state index in [1.807, 2.05) is 0 Å². The van der Waals surface area contributed by atoms with Crippen molar-refractivity contribution in [2.45, 2.75) is 6.04 Å². The number of nitrogens with zero attached hydrogens (tertiary/aromatic N) is 1. The first kappa shape index (κ1) is 14.0. The lowest BCUT2D eigenvalue weighted by Crippen LogP contribution is -2.58. The topological polar surface area (TPSA) is 75.4 Å². The maximum atomic E-state index is 12.4. The van der Waals surface area contributed by atoms with E-state index in [9.17, 15) is 9.59 Å². The van der Waals surface area contributed by atoms with Gasteiger partial charge in [0, 0.05) is 19.6 Å². The van der Waals surface area contributed by atoms with E-state index in [4.69, 9.17) is 5.73 Å². The van der Waals surface area contributed by atoms with Gasteiger partial charge >= 0.3 is 0 Å². The van der Waals surface area contributed by atoms with Crippen molar-refractivity contribution < 1.29 is 9.59 Å². The molecule has 2 rings (SSSR count). The van der Waals surface area contributed by atoms with Gasteiger partial charge in [-0.15, -0.1) is 11.3 Å². The van der Waals surface area contributed by atoms with Gasteiger partial charge in [-0.2, -0.15) is 0 Å². The summed E-state index contributed by atoms with van der Waals surface area (Å²) >= 11 is 8.11. The van der Waals surface area contributed by atoms with Gasteiger partial charge in [0.05, 0.1) is 13.1 Å². The first-order valence-electron chi connectivity index (χ1n) is 5.26. The summed E-state index contributed by atoms with van der Waals surface area (Å²) in [5, 5.41) is 3.06. The third kappa shape index (κ3) is 2.76. The van der Waals surface area contributed by atoms with Gasteiger partial charge in [0.25, 0.3) is 5.91 Å². The molecule has 0 bridgehead atoms. The second kappa shape index (κ2) is 5.68. The molecule has 0 aliphatic carbocycles. The number of carbonyl (C=O) groups excluding carboxylic acids is 2. The molecule has 1 atom stereocenters. The summed E-state index contributed by atoms with van der Waals surface area (Å²) in [7, 11) is 0. The van der Waals surface area contributed by atoms with Gasteiger partial charge in [-0.1, -0.05) is 0 Å². The average Bonchev–Trinajstić information content (AvgIpc) is 2.67. The van der Waals surface area contributed by atoms with Crippen LogP contribution in [0.25, 0.3) is 0 Å². The van der Waals surface area contributed by atoms with Crippen LogP contribution in [0.4, 0.5) is 0 Å². The SMILES string of the molecule is NC(=O)C1CNCCN1C(=O)c1cc(Br)sc1Br. The van der Waals surface area contributed by atoms with Crippen molar-refractivity contribution in [2.75, 3.05) is 19.6 Å². The highest BCUT2D eigenvalue weighted by molar-refractivity contribution is 9.12. The van der Waals surface area contributed by atoms with E-state index in [1.165, 1.54) is 16.2 Å². The van der Waals surface area contributed by atoms with Crippen LogP contribution < -0.4 is 11.1 Å². The number of carbonyl (C=O) groups is 2. The molecule has 5 nitrogen and oxygen atoms in total. The second-order valence-corrected chi connectivity index (χ2v) is 7.61. The molecule has 1 unspecified atom stereocenters. The Bertz CT molecular complexity index is 491. The monoisotopic (exact) mass is 395 g/mol. The minimum absolute atomic E-state index is 0.172. The van der Waals surface area contributed by atoms with Crippen LogP contribution in [0.3, 0.4) is 0 Å². The highest BCUT2D eigenvalue weighted by Crippen LogP contribution is 2.33. The largest absolute Gasteiger partial charge is 0.368 e.